The molecule has 5 nitrogen and oxygen atoms in total. The topological polar surface area (TPSA) is 49.9 Å². The van der Waals surface area contributed by atoms with Crippen LogP contribution in [-0.4, -0.2) is 67.4 Å². The molecule has 0 rings (SSSR count). The van der Waals surface area contributed by atoms with Crippen molar-refractivity contribution in [1.29, 1.82) is 0 Å². The number of carbonyl (C=O) groups is 2. The number of rotatable bonds is 42. The van der Waals surface area contributed by atoms with Crippen molar-refractivity contribution in [3.05, 3.63) is 0 Å². The summed E-state index contributed by atoms with van der Waals surface area (Å²) < 4.78 is 35.8. The first-order chi connectivity index (χ1) is 26.6. The summed E-state index contributed by atoms with van der Waals surface area (Å²) in [5.74, 6) is -4.44. The maximum Gasteiger partial charge on any atom is 0.376 e. The number of carbonyl (C=O) groups excluding carboxylic acids is 2. The zero-order chi connectivity index (χ0) is 40.8. The molecular formula is C48H94F2N2O3. The minimum absolute atomic E-state index is 0.0723. The minimum atomic E-state index is -3.47. The molecule has 0 aliphatic carbocycles. The largest absolute Gasteiger partial charge is 0.461 e. The molecule has 0 saturated carbocycles. The summed E-state index contributed by atoms with van der Waals surface area (Å²) in [7, 11) is 4.09. The summed E-state index contributed by atoms with van der Waals surface area (Å²) in [6.45, 7) is 10.6. The van der Waals surface area contributed by atoms with Crippen molar-refractivity contribution in [2.24, 2.45) is 5.92 Å². The van der Waals surface area contributed by atoms with Gasteiger partial charge < -0.3 is 14.5 Å². The summed E-state index contributed by atoms with van der Waals surface area (Å²) in [4.78, 5) is 30.8. The number of amides is 1. The van der Waals surface area contributed by atoms with E-state index in [0.717, 1.165) is 103 Å². The van der Waals surface area contributed by atoms with Crippen LogP contribution in [-0.2, 0) is 14.3 Å². The monoisotopic (exact) mass is 785 g/mol. The number of nitrogens with zero attached hydrogens (tertiary/aromatic N) is 2. The van der Waals surface area contributed by atoms with Gasteiger partial charge in [-0.1, -0.05) is 188 Å². The molecule has 328 valence electrons. The molecular weight excluding hydrogens is 691 g/mol. The zero-order valence-corrected chi connectivity index (χ0v) is 37.7. The van der Waals surface area contributed by atoms with Gasteiger partial charge in [0.2, 0.25) is 5.91 Å². The molecule has 1 amide bonds. The van der Waals surface area contributed by atoms with Gasteiger partial charge in [0, 0.05) is 25.4 Å². The van der Waals surface area contributed by atoms with Crippen LogP contribution in [0.1, 0.15) is 246 Å². The number of halogens is 2. The second kappa shape index (κ2) is 38.3. The molecule has 0 aliphatic heterocycles. The number of esters is 1. The molecule has 0 aromatic carbocycles. The lowest BCUT2D eigenvalue weighted by atomic mass is 9.95. The summed E-state index contributed by atoms with van der Waals surface area (Å²) in [5.41, 5.74) is 0. The van der Waals surface area contributed by atoms with Gasteiger partial charge in [-0.15, -0.1) is 0 Å². The molecule has 0 aliphatic rings. The maximum atomic E-state index is 15.2. The van der Waals surface area contributed by atoms with Gasteiger partial charge in [-0.2, -0.15) is 8.78 Å². The third kappa shape index (κ3) is 32.4. The van der Waals surface area contributed by atoms with E-state index in [1.54, 1.807) is 0 Å². The third-order valence-electron chi connectivity index (χ3n) is 11.6. The van der Waals surface area contributed by atoms with Crippen molar-refractivity contribution in [3.63, 3.8) is 0 Å². The quantitative estimate of drug-likeness (QED) is 0.0457. The zero-order valence-electron chi connectivity index (χ0n) is 37.7. The Morgan fingerprint density at radius 3 is 1.38 bits per heavy atom. The number of hydrogen-bond acceptors (Lipinski definition) is 4. The van der Waals surface area contributed by atoms with E-state index < -0.39 is 18.3 Å². The second-order valence-electron chi connectivity index (χ2n) is 17.4. The predicted molar refractivity (Wildman–Crippen MR) is 233 cm³/mol. The normalized spacial score (nSPS) is 13.0. The van der Waals surface area contributed by atoms with Gasteiger partial charge >= 0.3 is 11.9 Å². The van der Waals surface area contributed by atoms with Crippen molar-refractivity contribution in [2.45, 2.75) is 258 Å². The second-order valence-corrected chi connectivity index (χ2v) is 17.4. The lowest BCUT2D eigenvalue weighted by molar-refractivity contribution is -0.174. The van der Waals surface area contributed by atoms with Crippen LogP contribution in [0.4, 0.5) is 8.78 Å². The fraction of sp³-hybridized carbons (Fsp3) is 0.958. The van der Waals surface area contributed by atoms with Gasteiger partial charge in [0.1, 0.15) is 0 Å². The number of unbranched alkanes of at least 4 members (excludes halogenated alkanes) is 22. The van der Waals surface area contributed by atoms with Gasteiger partial charge in [0.25, 0.3) is 0 Å². The van der Waals surface area contributed by atoms with Crippen molar-refractivity contribution in [1.82, 2.24) is 9.80 Å². The fourth-order valence-corrected chi connectivity index (χ4v) is 7.92. The Hall–Kier alpha value is -1.24. The van der Waals surface area contributed by atoms with E-state index in [0.29, 0.717) is 12.8 Å². The lowest BCUT2D eigenvalue weighted by Crippen LogP contribution is -2.41. The van der Waals surface area contributed by atoms with Crippen molar-refractivity contribution < 1.29 is 23.1 Å². The third-order valence-corrected chi connectivity index (χ3v) is 11.6. The van der Waals surface area contributed by atoms with Gasteiger partial charge in [-0.25, -0.2) is 4.79 Å². The molecule has 0 saturated heterocycles. The van der Waals surface area contributed by atoms with Gasteiger partial charge in [0.15, 0.2) is 0 Å². The maximum absolute atomic E-state index is 15.2. The SMILES string of the molecule is CCCCCCCCCCN(C(=O)CCCN(C)C)C(CCCCCCCCC)CCCCC(F)(F)C(=O)OCC(CCCCCC)CCCCCCCC. The molecule has 0 N–H and O–H groups in total. The molecule has 2 atom stereocenters. The highest BCUT2D eigenvalue weighted by molar-refractivity contribution is 5.77. The Bertz CT molecular complexity index is 855. The van der Waals surface area contributed by atoms with Crippen LogP contribution in [0.5, 0.6) is 0 Å². The van der Waals surface area contributed by atoms with Crippen LogP contribution in [0, 0.1) is 5.92 Å². The first-order valence-corrected chi connectivity index (χ1v) is 24.1. The molecule has 0 spiro atoms. The van der Waals surface area contributed by atoms with E-state index in [2.05, 4.69) is 37.5 Å². The van der Waals surface area contributed by atoms with Crippen LogP contribution in [0.25, 0.3) is 0 Å². The van der Waals surface area contributed by atoms with E-state index in [1.807, 2.05) is 14.1 Å². The Balaban J connectivity index is 5.36. The van der Waals surface area contributed by atoms with Crippen LogP contribution >= 0.6 is 0 Å². The van der Waals surface area contributed by atoms with E-state index in [4.69, 9.17) is 4.74 Å². The highest BCUT2D eigenvalue weighted by Gasteiger charge is 2.40. The van der Waals surface area contributed by atoms with Crippen LogP contribution in [0.15, 0.2) is 0 Å². The molecule has 0 fully saturated rings. The summed E-state index contributed by atoms with van der Waals surface area (Å²) in [5, 5.41) is 0. The average Bonchev–Trinajstić information content (AvgIpc) is 3.16. The Labute approximate surface area is 341 Å². The Morgan fingerprint density at radius 1 is 0.509 bits per heavy atom. The molecule has 0 heterocycles. The van der Waals surface area contributed by atoms with E-state index in [-0.39, 0.29) is 30.9 Å². The summed E-state index contributed by atoms with van der Waals surface area (Å²) >= 11 is 0. The summed E-state index contributed by atoms with van der Waals surface area (Å²) in [6.07, 6.45) is 35.3. The van der Waals surface area contributed by atoms with E-state index >= 15 is 8.78 Å². The smallest absolute Gasteiger partial charge is 0.376 e. The van der Waals surface area contributed by atoms with E-state index in [9.17, 15) is 9.59 Å². The molecule has 0 bridgehead atoms. The Morgan fingerprint density at radius 2 is 0.909 bits per heavy atom. The van der Waals surface area contributed by atoms with Crippen molar-refractivity contribution in [3.8, 4) is 0 Å². The highest BCUT2D eigenvalue weighted by Crippen LogP contribution is 2.28. The standard InChI is InChI=1S/C48H94F2N2O3/c1-7-11-15-19-22-24-27-33-42-52(46(53)39-34-41-51(5)6)45(37-30-26-23-20-16-12-8-2)38-31-32-40-48(49,50)47(54)55-43-44(35-28-18-14-10-4)36-29-25-21-17-13-9-3/h44-45H,7-43H2,1-6H3. The lowest BCUT2D eigenvalue weighted by Gasteiger charge is -2.33. The average molecular weight is 785 g/mol. The Kier molecular flexibility index (Phi) is 37.4. The molecule has 7 heteroatoms. The van der Waals surface area contributed by atoms with Crippen LogP contribution in [0.3, 0.4) is 0 Å². The molecule has 2 unspecified atom stereocenters. The summed E-state index contributed by atoms with van der Waals surface area (Å²) in [6, 6.07) is 0.0723. The first-order valence-electron chi connectivity index (χ1n) is 24.1. The van der Waals surface area contributed by atoms with Gasteiger partial charge in [0.05, 0.1) is 6.61 Å². The van der Waals surface area contributed by atoms with Crippen LogP contribution in [0.2, 0.25) is 0 Å². The molecule has 0 aromatic heterocycles. The fourth-order valence-electron chi connectivity index (χ4n) is 7.92. The number of alkyl halides is 2. The number of hydrogen-bond donors (Lipinski definition) is 0. The van der Waals surface area contributed by atoms with E-state index in [1.165, 1.54) is 103 Å². The predicted octanol–water partition coefficient (Wildman–Crippen LogP) is 14.9. The van der Waals surface area contributed by atoms with Crippen molar-refractivity contribution in [2.75, 3.05) is 33.8 Å². The highest BCUT2D eigenvalue weighted by atomic mass is 19.3. The molecule has 0 aromatic rings. The van der Waals surface area contributed by atoms with Crippen molar-refractivity contribution >= 4 is 11.9 Å². The molecule has 55 heavy (non-hydrogen) atoms. The van der Waals surface area contributed by atoms with Crippen LogP contribution < -0.4 is 0 Å². The molecule has 0 radical (unpaired) electrons. The minimum Gasteiger partial charge on any atom is -0.461 e. The van der Waals surface area contributed by atoms with Gasteiger partial charge in [-0.05, 0) is 71.5 Å². The number of ether oxygens (including phenoxy) is 1. The van der Waals surface area contributed by atoms with Gasteiger partial charge in [-0.3, -0.25) is 4.79 Å². The first kappa shape index (κ1) is 53.8.